The van der Waals surface area contributed by atoms with Crippen LogP contribution in [0.5, 0.6) is 5.75 Å². The Kier molecular flexibility index (Phi) is 11.5. The van der Waals surface area contributed by atoms with Crippen molar-refractivity contribution in [3.8, 4) is 17.1 Å². The summed E-state index contributed by atoms with van der Waals surface area (Å²) < 4.78 is 33.1. The molecule has 1 amide bonds. The summed E-state index contributed by atoms with van der Waals surface area (Å²) in [7, 11) is 0. The number of carbonyl (C=O) groups excluding carboxylic acids is 2. The van der Waals surface area contributed by atoms with Gasteiger partial charge in [0.2, 0.25) is 0 Å². The van der Waals surface area contributed by atoms with Crippen LogP contribution < -0.4 is 9.64 Å². The van der Waals surface area contributed by atoms with E-state index in [9.17, 15) is 9.59 Å². The summed E-state index contributed by atoms with van der Waals surface area (Å²) in [6.45, 7) is 7.42. The largest absolute Gasteiger partial charge is 0.494 e. The van der Waals surface area contributed by atoms with Gasteiger partial charge in [0.05, 0.1) is 24.0 Å². The number of hydrogen-bond acceptors (Lipinski definition) is 10. The molecule has 2 aromatic heterocycles. The highest BCUT2D eigenvalue weighted by Gasteiger charge is 2.32. The maximum absolute atomic E-state index is 14.0. The second-order valence-corrected chi connectivity index (χ2v) is 14.6. The van der Waals surface area contributed by atoms with Crippen molar-refractivity contribution in [2.45, 2.75) is 96.8 Å². The van der Waals surface area contributed by atoms with Gasteiger partial charge in [-0.2, -0.15) is 10.1 Å². The van der Waals surface area contributed by atoms with Crippen LogP contribution >= 0.6 is 0 Å². The van der Waals surface area contributed by atoms with Gasteiger partial charge < -0.3 is 23.7 Å². The first-order chi connectivity index (χ1) is 26.2. The SMILES string of the molecule is CC(C)(C)OC(=O)N(c1ccc2c(cnn2C2CCCCO2)c1)c1nc(-c2ccc(OCCCC(=O)OCc3ccccc3)cc2)n(C2CCCCO2)n1. The Morgan fingerprint density at radius 1 is 0.889 bits per heavy atom. The Bertz CT molecular complexity index is 2010. The lowest BCUT2D eigenvalue weighted by molar-refractivity contribution is -0.145. The van der Waals surface area contributed by atoms with Crippen LogP contribution in [0.4, 0.5) is 16.4 Å². The molecule has 3 aromatic carbocycles. The van der Waals surface area contributed by atoms with E-state index in [1.165, 1.54) is 4.90 Å². The molecule has 0 bridgehead atoms. The molecule has 13 heteroatoms. The molecule has 2 aliphatic rings. The quantitative estimate of drug-likeness (QED) is 0.0905. The lowest BCUT2D eigenvalue weighted by Gasteiger charge is -2.26. The third-order valence-electron chi connectivity index (χ3n) is 9.24. The molecule has 2 atom stereocenters. The standard InChI is InChI=1S/C41H48N6O7/c1-41(2,3)54-40(49)45(32-19-22-34-31(26-32)27-42-46(34)35-14-7-9-23-51-35)39-43-38(47(44-39)36-15-8-10-24-52-36)30-17-20-33(21-18-30)50-25-11-16-37(48)53-28-29-12-5-4-6-13-29/h4-6,12-13,17-22,26-27,35-36H,7-11,14-16,23-25,28H2,1-3H3. The number of carbonyl (C=O) groups is 2. The topological polar surface area (TPSA) is 132 Å². The van der Waals surface area contributed by atoms with E-state index in [2.05, 4.69) is 5.10 Å². The third-order valence-corrected chi connectivity index (χ3v) is 9.24. The van der Waals surface area contributed by atoms with Crippen LogP contribution in [0.1, 0.15) is 90.2 Å². The van der Waals surface area contributed by atoms with Crippen LogP contribution in [-0.4, -0.2) is 62.0 Å². The minimum absolute atomic E-state index is 0.120. The van der Waals surface area contributed by atoms with Crippen molar-refractivity contribution in [3.63, 3.8) is 0 Å². The van der Waals surface area contributed by atoms with Gasteiger partial charge >= 0.3 is 12.1 Å². The first-order valence-corrected chi connectivity index (χ1v) is 18.8. The van der Waals surface area contributed by atoms with Crippen molar-refractivity contribution in [1.29, 1.82) is 0 Å². The summed E-state index contributed by atoms with van der Waals surface area (Å²) in [6.07, 6.45) is 7.22. The highest BCUT2D eigenvalue weighted by Crippen LogP contribution is 2.35. The lowest BCUT2D eigenvalue weighted by Crippen LogP contribution is -2.34. The minimum atomic E-state index is -0.765. The molecule has 2 aliphatic heterocycles. The number of nitrogens with zero attached hydrogens (tertiary/aromatic N) is 6. The van der Waals surface area contributed by atoms with E-state index in [0.717, 1.165) is 60.6 Å². The van der Waals surface area contributed by atoms with E-state index in [0.29, 0.717) is 43.5 Å². The number of rotatable bonds is 12. The van der Waals surface area contributed by atoms with E-state index >= 15 is 0 Å². The summed E-state index contributed by atoms with van der Waals surface area (Å²) >= 11 is 0. The monoisotopic (exact) mass is 736 g/mol. The summed E-state index contributed by atoms with van der Waals surface area (Å²) in [5, 5.41) is 10.4. The first-order valence-electron chi connectivity index (χ1n) is 18.8. The van der Waals surface area contributed by atoms with Crippen LogP contribution in [0.15, 0.2) is 79.0 Å². The summed E-state index contributed by atoms with van der Waals surface area (Å²) in [5.74, 6) is 1.10. The van der Waals surface area contributed by atoms with Crippen molar-refractivity contribution >= 4 is 34.6 Å². The van der Waals surface area contributed by atoms with Crippen molar-refractivity contribution in [3.05, 3.63) is 84.6 Å². The Morgan fingerprint density at radius 2 is 1.61 bits per heavy atom. The zero-order valence-corrected chi connectivity index (χ0v) is 31.2. The molecule has 0 saturated carbocycles. The lowest BCUT2D eigenvalue weighted by atomic mass is 10.1. The number of fused-ring (bicyclic) bond motifs is 1. The van der Waals surface area contributed by atoms with Crippen LogP contribution in [0.3, 0.4) is 0 Å². The van der Waals surface area contributed by atoms with Crippen molar-refractivity contribution < 1.29 is 33.3 Å². The second kappa shape index (κ2) is 16.8. The van der Waals surface area contributed by atoms with Gasteiger partial charge in [-0.15, -0.1) is 5.10 Å². The zero-order chi connectivity index (χ0) is 37.5. The number of amides is 1. The van der Waals surface area contributed by atoms with E-state index in [1.54, 1.807) is 10.9 Å². The fraction of sp³-hybridized carbons (Fsp3) is 0.439. The number of benzene rings is 3. The molecule has 13 nitrogen and oxygen atoms in total. The number of hydrogen-bond donors (Lipinski definition) is 0. The molecule has 4 heterocycles. The Hall–Kier alpha value is -5.27. The van der Waals surface area contributed by atoms with E-state index in [1.807, 2.05) is 98.2 Å². The maximum Gasteiger partial charge on any atom is 0.421 e. The molecule has 0 aliphatic carbocycles. The fourth-order valence-electron chi connectivity index (χ4n) is 6.57. The number of aromatic nitrogens is 5. The van der Waals surface area contributed by atoms with Crippen LogP contribution in [0, 0.1) is 0 Å². The van der Waals surface area contributed by atoms with Gasteiger partial charge in [-0.25, -0.2) is 19.1 Å². The molecule has 0 N–H and O–H groups in total. The minimum Gasteiger partial charge on any atom is -0.494 e. The molecule has 54 heavy (non-hydrogen) atoms. The van der Waals surface area contributed by atoms with Gasteiger partial charge in [0.25, 0.3) is 5.95 Å². The Morgan fingerprint density at radius 3 is 2.30 bits per heavy atom. The second-order valence-electron chi connectivity index (χ2n) is 14.6. The predicted octanol–water partition coefficient (Wildman–Crippen LogP) is 8.67. The summed E-state index contributed by atoms with van der Waals surface area (Å²) in [6, 6.07) is 22.8. The molecule has 0 radical (unpaired) electrons. The predicted molar refractivity (Wildman–Crippen MR) is 202 cm³/mol. The fourth-order valence-corrected chi connectivity index (χ4v) is 6.57. The normalized spacial score (nSPS) is 17.6. The maximum atomic E-state index is 14.0. The van der Waals surface area contributed by atoms with E-state index < -0.39 is 11.7 Å². The van der Waals surface area contributed by atoms with E-state index in [-0.39, 0.29) is 37.4 Å². The average molecular weight is 737 g/mol. The molecule has 284 valence electrons. The van der Waals surface area contributed by atoms with Gasteiger partial charge in [0, 0.05) is 30.6 Å². The number of anilines is 2. The highest BCUT2D eigenvalue weighted by molar-refractivity contribution is 5.97. The van der Waals surface area contributed by atoms with Crippen molar-refractivity contribution in [1.82, 2.24) is 24.5 Å². The van der Waals surface area contributed by atoms with Gasteiger partial charge in [0.15, 0.2) is 18.3 Å². The molecule has 5 aromatic rings. The molecule has 0 spiro atoms. The Labute approximate surface area is 315 Å². The van der Waals surface area contributed by atoms with Gasteiger partial charge in [0.1, 0.15) is 18.0 Å². The average Bonchev–Trinajstić information content (AvgIpc) is 3.81. The molecular weight excluding hydrogens is 688 g/mol. The van der Waals surface area contributed by atoms with Crippen LogP contribution in [0.2, 0.25) is 0 Å². The summed E-state index contributed by atoms with van der Waals surface area (Å²) in [5.41, 5.74) is 2.41. The van der Waals surface area contributed by atoms with Gasteiger partial charge in [-0.05, 0) is 114 Å². The van der Waals surface area contributed by atoms with E-state index in [4.69, 9.17) is 33.8 Å². The molecule has 7 rings (SSSR count). The molecule has 2 unspecified atom stereocenters. The third kappa shape index (κ3) is 9.08. The Balaban J connectivity index is 1.11. The van der Waals surface area contributed by atoms with Crippen LogP contribution in [-0.2, 0) is 30.3 Å². The number of ether oxygens (including phenoxy) is 5. The van der Waals surface area contributed by atoms with Gasteiger partial charge in [-0.1, -0.05) is 30.3 Å². The van der Waals surface area contributed by atoms with Crippen molar-refractivity contribution in [2.75, 3.05) is 24.7 Å². The molecular formula is C41H48N6O7. The molecule has 2 saturated heterocycles. The zero-order valence-electron chi connectivity index (χ0n) is 31.2. The van der Waals surface area contributed by atoms with Crippen LogP contribution in [0.25, 0.3) is 22.3 Å². The number of esters is 1. The first kappa shape index (κ1) is 37.1. The summed E-state index contributed by atoms with van der Waals surface area (Å²) in [4.78, 5) is 32.6. The highest BCUT2D eigenvalue weighted by atomic mass is 16.6. The van der Waals surface area contributed by atoms with Crippen molar-refractivity contribution in [2.24, 2.45) is 0 Å². The smallest absolute Gasteiger partial charge is 0.421 e. The van der Waals surface area contributed by atoms with Gasteiger partial charge in [-0.3, -0.25) is 4.79 Å². The molecule has 2 fully saturated rings.